The van der Waals surface area contributed by atoms with Crippen LogP contribution in [0.5, 0.6) is 0 Å². The van der Waals surface area contributed by atoms with Crippen molar-refractivity contribution in [3.05, 3.63) is 65.2 Å². The Bertz CT molecular complexity index is 1220. The van der Waals surface area contributed by atoms with Gasteiger partial charge in [-0.05, 0) is 35.9 Å². The van der Waals surface area contributed by atoms with Gasteiger partial charge in [-0.25, -0.2) is 22.6 Å². The second-order valence-corrected chi connectivity index (χ2v) is 8.14. The van der Waals surface area contributed by atoms with Crippen LogP contribution in [0.1, 0.15) is 12.1 Å². The van der Waals surface area contributed by atoms with Gasteiger partial charge in [-0.15, -0.1) is 0 Å². The van der Waals surface area contributed by atoms with Crippen molar-refractivity contribution in [2.45, 2.75) is 17.9 Å². The molecule has 0 aliphatic carbocycles. The number of carbonyl (C=O) groups is 1. The summed E-state index contributed by atoms with van der Waals surface area (Å²) in [6.45, 7) is -2.90. The van der Waals surface area contributed by atoms with Gasteiger partial charge in [0.25, 0.3) is 0 Å². The van der Waals surface area contributed by atoms with Crippen LogP contribution in [0.4, 0.5) is 18.9 Å². The van der Waals surface area contributed by atoms with Crippen LogP contribution >= 0.6 is 11.6 Å². The first-order chi connectivity index (χ1) is 14.0. The summed E-state index contributed by atoms with van der Waals surface area (Å²) in [6, 6.07) is 7.34. The van der Waals surface area contributed by atoms with Crippen LogP contribution in [-0.4, -0.2) is 24.1 Å². The first kappa shape index (κ1) is 21.8. The highest BCUT2D eigenvalue weighted by Crippen LogP contribution is 2.30. The number of sulfonamides is 1. The maximum atomic E-state index is 13.3. The zero-order chi connectivity index (χ0) is 22.1. The van der Waals surface area contributed by atoms with Gasteiger partial charge in [0.2, 0.25) is 15.9 Å². The fourth-order valence-corrected chi connectivity index (χ4v) is 3.68. The van der Waals surface area contributed by atoms with E-state index in [9.17, 15) is 26.4 Å². The van der Waals surface area contributed by atoms with Gasteiger partial charge in [-0.1, -0.05) is 17.7 Å². The first-order valence-corrected chi connectivity index (χ1v) is 10.2. The van der Waals surface area contributed by atoms with Gasteiger partial charge < -0.3 is 5.32 Å². The third kappa shape index (κ3) is 4.99. The number of primary sulfonamides is 1. The number of alkyl halides is 2. The van der Waals surface area contributed by atoms with Crippen molar-refractivity contribution in [2.75, 3.05) is 5.32 Å². The van der Waals surface area contributed by atoms with Crippen LogP contribution in [0.2, 0.25) is 5.02 Å². The van der Waals surface area contributed by atoms with E-state index in [4.69, 9.17) is 16.7 Å². The van der Waals surface area contributed by atoms with Gasteiger partial charge in [0, 0.05) is 28.0 Å². The number of amides is 1. The minimum atomic E-state index is -4.27. The van der Waals surface area contributed by atoms with E-state index in [-0.39, 0.29) is 33.8 Å². The third-order valence-corrected chi connectivity index (χ3v) is 5.36. The number of benzene rings is 2. The van der Waals surface area contributed by atoms with E-state index in [1.165, 1.54) is 18.2 Å². The quantitative estimate of drug-likeness (QED) is 0.588. The van der Waals surface area contributed by atoms with Crippen LogP contribution < -0.4 is 10.5 Å². The summed E-state index contributed by atoms with van der Waals surface area (Å²) in [5.41, 5.74) is 0.470. The van der Waals surface area contributed by atoms with Gasteiger partial charge >= 0.3 is 6.55 Å². The van der Waals surface area contributed by atoms with Gasteiger partial charge in [0.15, 0.2) is 0 Å². The molecule has 0 unspecified atom stereocenters. The number of rotatable bonds is 6. The molecule has 0 atom stereocenters. The van der Waals surface area contributed by atoms with Gasteiger partial charge in [-0.2, -0.15) is 13.9 Å². The molecule has 12 heteroatoms. The molecule has 1 aromatic heterocycles. The Labute approximate surface area is 174 Å². The lowest BCUT2D eigenvalue weighted by molar-refractivity contribution is -0.115. The zero-order valence-electron chi connectivity index (χ0n) is 15.0. The predicted octanol–water partition coefficient (Wildman–Crippen LogP) is 3.57. The second kappa shape index (κ2) is 8.46. The Morgan fingerprint density at radius 3 is 2.60 bits per heavy atom. The average molecular weight is 459 g/mol. The topological polar surface area (TPSA) is 107 Å². The maximum absolute atomic E-state index is 13.3. The van der Waals surface area contributed by atoms with Crippen LogP contribution in [-0.2, 0) is 21.2 Å². The molecule has 158 valence electrons. The number of anilines is 1. The molecule has 0 fully saturated rings. The number of carbonyl (C=O) groups excluding carboxylic acids is 1. The highest BCUT2D eigenvalue weighted by atomic mass is 35.5. The van der Waals surface area contributed by atoms with Crippen molar-refractivity contribution >= 4 is 33.2 Å². The normalized spacial score (nSPS) is 11.7. The smallest absolute Gasteiger partial charge is 0.326 e. The Morgan fingerprint density at radius 2 is 1.97 bits per heavy atom. The van der Waals surface area contributed by atoms with Gasteiger partial charge in [0.1, 0.15) is 5.82 Å². The second-order valence-electron chi connectivity index (χ2n) is 6.20. The Balaban J connectivity index is 1.89. The highest BCUT2D eigenvalue weighted by Gasteiger charge is 2.19. The number of nitrogens with zero attached hydrogens (tertiary/aromatic N) is 2. The van der Waals surface area contributed by atoms with Crippen molar-refractivity contribution in [1.29, 1.82) is 0 Å². The zero-order valence-corrected chi connectivity index (χ0v) is 16.6. The lowest BCUT2D eigenvalue weighted by Crippen LogP contribution is -2.17. The Morgan fingerprint density at radius 1 is 1.23 bits per heavy atom. The summed E-state index contributed by atoms with van der Waals surface area (Å²) in [7, 11) is -4.27. The molecule has 2 aromatic carbocycles. The summed E-state index contributed by atoms with van der Waals surface area (Å²) in [5.74, 6) is -1.14. The van der Waals surface area contributed by atoms with Gasteiger partial charge in [0.05, 0.1) is 17.5 Å². The SMILES string of the molecule is NS(=O)(=O)c1cc(NC(=O)Cc2cc(F)ccc2Cl)ccc1-c1cnn(C(F)F)c1. The molecule has 3 N–H and O–H groups in total. The molecule has 1 heterocycles. The Kier molecular flexibility index (Phi) is 6.15. The number of nitrogens with one attached hydrogen (secondary N) is 1. The summed E-state index contributed by atoms with van der Waals surface area (Å²) >= 11 is 5.94. The molecule has 0 radical (unpaired) electrons. The average Bonchev–Trinajstić information content (AvgIpc) is 3.14. The van der Waals surface area contributed by atoms with E-state index in [1.807, 2.05) is 0 Å². The standard InChI is InChI=1S/C18H14ClF3N4O3S/c19-15-4-1-12(20)5-10(15)6-17(27)25-13-2-3-14(16(7-13)30(23,28)29)11-8-24-26(9-11)18(21)22/h1-5,7-9,18H,6H2,(H,25,27)(H2,23,28,29). The van der Waals surface area contributed by atoms with Crippen LogP contribution in [0.15, 0.2) is 53.7 Å². The number of hydrogen-bond acceptors (Lipinski definition) is 4. The molecule has 0 saturated heterocycles. The minimum Gasteiger partial charge on any atom is -0.326 e. The van der Waals surface area contributed by atoms with E-state index < -0.39 is 33.2 Å². The largest absolute Gasteiger partial charge is 0.333 e. The van der Waals surface area contributed by atoms with Gasteiger partial charge in [-0.3, -0.25) is 4.79 Å². The van der Waals surface area contributed by atoms with E-state index >= 15 is 0 Å². The Hall–Kier alpha value is -2.89. The lowest BCUT2D eigenvalue weighted by Gasteiger charge is -2.11. The molecule has 0 bridgehead atoms. The van der Waals surface area contributed by atoms with Crippen molar-refractivity contribution in [3.8, 4) is 11.1 Å². The van der Waals surface area contributed by atoms with Crippen molar-refractivity contribution < 1.29 is 26.4 Å². The van der Waals surface area contributed by atoms with Crippen molar-refractivity contribution in [2.24, 2.45) is 5.14 Å². The van der Waals surface area contributed by atoms with E-state index in [1.54, 1.807) is 0 Å². The van der Waals surface area contributed by atoms with Crippen LogP contribution in [0.3, 0.4) is 0 Å². The van der Waals surface area contributed by atoms with Crippen molar-refractivity contribution in [1.82, 2.24) is 9.78 Å². The molecule has 0 spiro atoms. The third-order valence-electron chi connectivity index (χ3n) is 4.04. The maximum Gasteiger partial charge on any atom is 0.333 e. The molecular formula is C18H14ClF3N4O3S. The molecule has 0 saturated carbocycles. The first-order valence-electron chi connectivity index (χ1n) is 8.28. The van der Waals surface area contributed by atoms with Crippen molar-refractivity contribution in [3.63, 3.8) is 0 Å². The fraction of sp³-hybridized carbons (Fsp3) is 0.111. The molecule has 0 aliphatic rings. The molecule has 0 aliphatic heterocycles. The lowest BCUT2D eigenvalue weighted by atomic mass is 10.1. The number of nitrogens with two attached hydrogens (primary N) is 1. The molecular weight excluding hydrogens is 445 g/mol. The summed E-state index contributed by atoms with van der Waals surface area (Å²) < 4.78 is 63.2. The van der Waals surface area contributed by atoms with Crippen LogP contribution in [0.25, 0.3) is 11.1 Å². The van der Waals surface area contributed by atoms with E-state index in [0.29, 0.717) is 4.68 Å². The highest BCUT2D eigenvalue weighted by molar-refractivity contribution is 7.89. The molecule has 30 heavy (non-hydrogen) atoms. The molecule has 3 aromatic rings. The predicted molar refractivity (Wildman–Crippen MR) is 104 cm³/mol. The number of hydrogen-bond donors (Lipinski definition) is 2. The monoisotopic (exact) mass is 458 g/mol. The summed E-state index contributed by atoms with van der Waals surface area (Å²) in [4.78, 5) is 11.9. The summed E-state index contributed by atoms with van der Waals surface area (Å²) in [6.07, 6.45) is 1.78. The minimum absolute atomic E-state index is 0.0376. The molecule has 1 amide bonds. The summed E-state index contributed by atoms with van der Waals surface area (Å²) in [5, 5.41) is 11.4. The fourth-order valence-electron chi connectivity index (χ4n) is 2.71. The van der Waals surface area contributed by atoms with E-state index in [2.05, 4.69) is 10.4 Å². The number of aromatic nitrogens is 2. The van der Waals surface area contributed by atoms with Crippen LogP contribution in [0, 0.1) is 5.82 Å². The number of halogens is 4. The van der Waals surface area contributed by atoms with E-state index in [0.717, 1.165) is 30.6 Å². The molecule has 3 rings (SSSR count). The molecule has 7 nitrogen and oxygen atoms in total.